The third-order valence-corrected chi connectivity index (χ3v) is 6.74. The van der Waals surface area contributed by atoms with Crippen LogP contribution >= 0.6 is 0 Å². The molecular weight excluding hydrogens is 556 g/mol. The van der Waals surface area contributed by atoms with Crippen LogP contribution in [0.4, 0.5) is 34.9 Å². The van der Waals surface area contributed by atoms with Crippen molar-refractivity contribution in [3.05, 3.63) is 94.6 Å². The van der Waals surface area contributed by atoms with Crippen molar-refractivity contribution in [2.45, 2.75) is 19.2 Å². The summed E-state index contributed by atoms with van der Waals surface area (Å²) < 4.78 is 58.5. The van der Waals surface area contributed by atoms with Gasteiger partial charge in [-0.1, -0.05) is 24.3 Å². The van der Waals surface area contributed by atoms with Crippen molar-refractivity contribution >= 4 is 23.2 Å². The summed E-state index contributed by atoms with van der Waals surface area (Å²) >= 11 is 0. The van der Waals surface area contributed by atoms with E-state index in [4.69, 9.17) is 10.5 Å². The summed E-state index contributed by atoms with van der Waals surface area (Å²) in [5.41, 5.74) is 6.82. The molecule has 1 aliphatic heterocycles. The van der Waals surface area contributed by atoms with Crippen LogP contribution in [0.1, 0.15) is 32.9 Å². The molecule has 1 saturated heterocycles. The van der Waals surface area contributed by atoms with Gasteiger partial charge in [-0.25, -0.2) is 9.37 Å². The number of carbonyl (C=O) groups excluding carboxylic acids is 1. The number of morpholine rings is 1. The van der Waals surface area contributed by atoms with Gasteiger partial charge in [-0.2, -0.15) is 23.1 Å². The fourth-order valence-electron chi connectivity index (χ4n) is 4.62. The van der Waals surface area contributed by atoms with E-state index in [1.54, 1.807) is 12.1 Å². The van der Waals surface area contributed by atoms with Crippen molar-refractivity contribution in [2.75, 3.05) is 42.3 Å². The highest BCUT2D eigenvalue weighted by atomic mass is 19.4. The van der Waals surface area contributed by atoms with Crippen LogP contribution in [-0.2, 0) is 23.9 Å². The first kappa shape index (κ1) is 28.9. The smallest absolute Gasteiger partial charge is 0.392 e. The molecule has 0 radical (unpaired) electrons. The fourth-order valence-corrected chi connectivity index (χ4v) is 4.62. The van der Waals surface area contributed by atoms with Gasteiger partial charge in [-0.15, -0.1) is 0 Å². The molecule has 1 fully saturated rings. The standard InChI is InChI=1S/C29H26F4N6O3/c30-23-15-18(29(31,32)33)6-9-21(23)27(41)35-24-3-1-2-20(22(24)16-40)26-36-25(37-28(34)38-26)14-17-4-7-19(8-5-17)39-10-12-42-13-11-39/h1-9,15,40H,10-14,16H2,(H,35,41)(H2,34,36,37,38). The van der Waals surface area contributed by atoms with Crippen molar-refractivity contribution in [1.82, 2.24) is 15.0 Å². The van der Waals surface area contributed by atoms with E-state index in [9.17, 15) is 27.5 Å². The van der Waals surface area contributed by atoms with Gasteiger partial charge in [0.2, 0.25) is 5.95 Å². The number of nitrogens with zero attached hydrogens (tertiary/aromatic N) is 4. The van der Waals surface area contributed by atoms with E-state index in [0.717, 1.165) is 30.4 Å². The van der Waals surface area contributed by atoms with Crippen molar-refractivity contribution in [2.24, 2.45) is 0 Å². The Kier molecular flexibility index (Phi) is 8.31. The first-order valence-corrected chi connectivity index (χ1v) is 13.0. The van der Waals surface area contributed by atoms with Crippen LogP contribution in [0.25, 0.3) is 11.4 Å². The first-order valence-electron chi connectivity index (χ1n) is 13.0. The Morgan fingerprint density at radius 2 is 1.76 bits per heavy atom. The number of nitrogen functional groups attached to an aromatic ring is 1. The molecule has 2 heterocycles. The average molecular weight is 583 g/mol. The number of alkyl halides is 3. The van der Waals surface area contributed by atoms with Crippen LogP contribution < -0.4 is 16.0 Å². The van der Waals surface area contributed by atoms with E-state index < -0.39 is 35.6 Å². The number of aliphatic hydroxyl groups is 1. The van der Waals surface area contributed by atoms with Crippen molar-refractivity contribution < 1.29 is 32.2 Å². The van der Waals surface area contributed by atoms with Crippen LogP contribution in [0, 0.1) is 5.82 Å². The number of aliphatic hydroxyl groups excluding tert-OH is 1. The highest BCUT2D eigenvalue weighted by Gasteiger charge is 2.32. The van der Waals surface area contributed by atoms with Crippen LogP contribution in [0.3, 0.4) is 0 Å². The van der Waals surface area contributed by atoms with Gasteiger partial charge in [-0.3, -0.25) is 4.79 Å². The lowest BCUT2D eigenvalue weighted by Gasteiger charge is -2.28. The van der Waals surface area contributed by atoms with E-state index >= 15 is 0 Å². The predicted molar refractivity (Wildman–Crippen MR) is 147 cm³/mol. The summed E-state index contributed by atoms with van der Waals surface area (Å²) in [6, 6.07) is 14.2. The second kappa shape index (κ2) is 12.1. The summed E-state index contributed by atoms with van der Waals surface area (Å²) in [6.07, 6.45) is -4.41. The molecule has 42 heavy (non-hydrogen) atoms. The molecule has 13 heteroatoms. The number of nitrogens with two attached hydrogens (primary N) is 1. The molecule has 0 atom stereocenters. The molecule has 0 aliphatic carbocycles. The summed E-state index contributed by atoms with van der Waals surface area (Å²) in [4.78, 5) is 28.0. The lowest BCUT2D eigenvalue weighted by atomic mass is 10.0. The molecular formula is C29H26F4N6O3. The van der Waals surface area contributed by atoms with Gasteiger partial charge >= 0.3 is 6.18 Å². The molecule has 3 aromatic carbocycles. The Morgan fingerprint density at radius 3 is 2.43 bits per heavy atom. The largest absolute Gasteiger partial charge is 0.416 e. The van der Waals surface area contributed by atoms with E-state index in [-0.39, 0.29) is 29.1 Å². The minimum Gasteiger partial charge on any atom is -0.392 e. The number of halogens is 4. The summed E-state index contributed by atoms with van der Waals surface area (Å²) in [5.74, 6) is -1.86. The maximum Gasteiger partial charge on any atom is 0.416 e. The minimum absolute atomic E-state index is 0.0508. The van der Waals surface area contributed by atoms with E-state index in [2.05, 4.69) is 25.2 Å². The molecule has 4 N–H and O–H groups in total. The van der Waals surface area contributed by atoms with Gasteiger partial charge in [0.15, 0.2) is 5.82 Å². The number of hydrogen-bond donors (Lipinski definition) is 3. The van der Waals surface area contributed by atoms with Crippen molar-refractivity contribution in [3.63, 3.8) is 0 Å². The molecule has 5 rings (SSSR count). The molecule has 1 aromatic heterocycles. The maximum absolute atomic E-state index is 14.4. The zero-order valence-electron chi connectivity index (χ0n) is 22.2. The molecule has 218 valence electrons. The summed E-state index contributed by atoms with van der Waals surface area (Å²) in [6.45, 7) is 2.44. The third kappa shape index (κ3) is 6.47. The number of nitrogens with one attached hydrogen (secondary N) is 1. The zero-order chi connectivity index (χ0) is 29.9. The van der Waals surface area contributed by atoms with Crippen molar-refractivity contribution in [1.29, 1.82) is 0 Å². The Hall–Kier alpha value is -4.62. The van der Waals surface area contributed by atoms with Gasteiger partial charge < -0.3 is 25.8 Å². The van der Waals surface area contributed by atoms with Gasteiger partial charge in [0.25, 0.3) is 5.91 Å². The lowest BCUT2D eigenvalue weighted by molar-refractivity contribution is -0.137. The second-order valence-corrected chi connectivity index (χ2v) is 9.51. The zero-order valence-corrected chi connectivity index (χ0v) is 22.2. The number of anilines is 3. The highest BCUT2D eigenvalue weighted by molar-refractivity contribution is 6.05. The molecule has 1 amide bonds. The van der Waals surface area contributed by atoms with E-state index in [0.29, 0.717) is 37.1 Å². The van der Waals surface area contributed by atoms with Crippen molar-refractivity contribution in [3.8, 4) is 11.4 Å². The summed E-state index contributed by atoms with van der Waals surface area (Å²) in [5, 5.41) is 12.6. The topological polar surface area (TPSA) is 126 Å². The highest BCUT2D eigenvalue weighted by Crippen LogP contribution is 2.31. The minimum atomic E-state index is -4.76. The Morgan fingerprint density at radius 1 is 1.02 bits per heavy atom. The average Bonchev–Trinajstić information content (AvgIpc) is 2.97. The quantitative estimate of drug-likeness (QED) is 0.273. The summed E-state index contributed by atoms with van der Waals surface area (Å²) in [7, 11) is 0. The number of rotatable bonds is 7. The predicted octanol–water partition coefficient (Wildman–Crippen LogP) is 4.45. The van der Waals surface area contributed by atoms with Gasteiger partial charge in [0.05, 0.1) is 30.9 Å². The molecule has 1 aliphatic rings. The molecule has 0 unspecified atom stereocenters. The second-order valence-electron chi connectivity index (χ2n) is 9.51. The number of benzene rings is 3. The molecule has 9 nitrogen and oxygen atoms in total. The third-order valence-electron chi connectivity index (χ3n) is 6.74. The van der Waals surface area contributed by atoms with E-state index in [1.165, 1.54) is 6.07 Å². The number of amides is 1. The molecule has 0 spiro atoms. The van der Waals surface area contributed by atoms with Gasteiger partial charge in [-0.05, 0) is 42.0 Å². The Bertz CT molecular complexity index is 1590. The van der Waals surface area contributed by atoms with Crippen LogP contribution in [0.5, 0.6) is 0 Å². The monoisotopic (exact) mass is 582 g/mol. The van der Waals surface area contributed by atoms with Crippen LogP contribution in [-0.4, -0.2) is 52.3 Å². The van der Waals surface area contributed by atoms with Crippen LogP contribution in [0.15, 0.2) is 60.7 Å². The van der Waals surface area contributed by atoms with Crippen LogP contribution in [0.2, 0.25) is 0 Å². The number of aromatic nitrogens is 3. The van der Waals surface area contributed by atoms with Gasteiger partial charge in [0, 0.05) is 42.0 Å². The fraction of sp³-hybridized carbons (Fsp3) is 0.241. The number of ether oxygens (including phenoxy) is 1. The number of carbonyl (C=O) groups is 1. The molecule has 0 bridgehead atoms. The van der Waals surface area contributed by atoms with Gasteiger partial charge in [0.1, 0.15) is 11.6 Å². The molecule has 4 aromatic rings. The number of hydrogen-bond acceptors (Lipinski definition) is 8. The van der Waals surface area contributed by atoms with E-state index in [1.807, 2.05) is 24.3 Å². The maximum atomic E-state index is 14.4. The first-order chi connectivity index (χ1) is 20.1. The Labute approximate surface area is 238 Å². The normalized spacial score (nSPS) is 13.7. The Balaban J connectivity index is 1.38. The lowest BCUT2D eigenvalue weighted by Crippen LogP contribution is -2.36. The SMILES string of the molecule is Nc1nc(Cc2ccc(N3CCOCC3)cc2)nc(-c2cccc(NC(=O)c3ccc(C(F)(F)F)cc3F)c2CO)n1. The molecule has 0 saturated carbocycles.